The van der Waals surface area contributed by atoms with Gasteiger partial charge < -0.3 is 18.9 Å². The van der Waals surface area contributed by atoms with Gasteiger partial charge in [0.05, 0.1) is 27.7 Å². The van der Waals surface area contributed by atoms with Gasteiger partial charge in [0.15, 0.2) is 6.10 Å². The number of quaternary nitrogens is 1. The molecule has 0 aliphatic carbocycles. The van der Waals surface area contributed by atoms with E-state index >= 15 is 0 Å². The van der Waals surface area contributed by atoms with Gasteiger partial charge in [-0.25, -0.2) is 4.57 Å². The molecule has 0 radical (unpaired) electrons. The van der Waals surface area contributed by atoms with E-state index in [0.717, 1.165) is 44.9 Å². The third-order valence-corrected chi connectivity index (χ3v) is 14.8. The Kier molecular flexibility index (Phi) is 51.7. The molecule has 70 heavy (non-hydrogen) atoms. The smallest absolute Gasteiger partial charge is 0.462 e. The lowest BCUT2D eigenvalue weighted by molar-refractivity contribution is -0.870. The van der Waals surface area contributed by atoms with Crippen LogP contribution < -0.4 is 0 Å². The van der Waals surface area contributed by atoms with Gasteiger partial charge >= 0.3 is 19.8 Å². The predicted molar refractivity (Wildman–Crippen MR) is 298 cm³/mol. The minimum Gasteiger partial charge on any atom is -0.462 e. The number of hydrogen-bond acceptors (Lipinski definition) is 7. The van der Waals surface area contributed by atoms with Crippen LogP contribution in [0.2, 0.25) is 0 Å². The second kappa shape index (κ2) is 52.6. The molecule has 0 aliphatic heterocycles. The molecule has 0 rings (SSSR count). The number of nitrogens with zero attached hydrogens (tertiary/aromatic N) is 1. The number of likely N-dealkylation sites (N-methyl/N-ethyl adjacent to an activating group) is 1. The predicted octanol–water partition coefficient (Wildman–Crippen LogP) is 18.8. The normalized spacial score (nSPS) is 13.3. The Hall–Kier alpha value is -1.25. The fraction of sp³-hybridized carbons (Fsp3) is 0.933. The van der Waals surface area contributed by atoms with Crippen molar-refractivity contribution >= 4 is 19.8 Å². The molecule has 9 nitrogen and oxygen atoms in total. The first-order chi connectivity index (χ1) is 34.0. The van der Waals surface area contributed by atoms with Gasteiger partial charge in [0.1, 0.15) is 19.8 Å². The number of allylic oxidation sites excluding steroid dienone is 2. The molecular weight excluding hydrogens is 894 g/mol. The molecule has 2 atom stereocenters. The van der Waals surface area contributed by atoms with E-state index in [1.807, 2.05) is 21.1 Å². The summed E-state index contributed by atoms with van der Waals surface area (Å²) in [5.41, 5.74) is 0. The summed E-state index contributed by atoms with van der Waals surface area (Å²) in [6.07, 6.45) is 61.5. The first-order valence-electron chi connectivity index (χ1n) is 30.4. The molecule has 10 heteroatoms. The molecule has 0 heterocycles. The Labute approximate surface area is 435 Å². The van der Waals surface area contributed by atoms with E-state index in [0.29, 0.717) is 23.9 Å². The van der Waals surface area contributed by atoms with Gasteiger partial charge in [-0.05, 0) is 38.5 Å². The van der Waals surface area contributed by atoms with Crippen molar-refractivity contribution in [3.63, 3.8) is 0 Å². The lowest BCUT2D eigenvalue weighted by Crippen LogP contribution is -2.37. The molecular formula is C60H119NO8P+. The molecule has 0 saturated carbocycles. The molecule has 0 bridgehead atoms. The highest BCUT2D eigenvalue weighted by Crippen LogP contribution is 2.43. The maximum atomic E-state index is 12.8. The van der Waals surface area contributed by atoms with E-state index in [9.17, 15) is 19.0 Å². The van der Waals surface area contributed by atoms with Crippen molar-refractivity contribution in [2.45, 2.75) is 315 Å². The number of hydrogen-bond donors (Lipinski definition) is 1. The quantitative estimate of drug-likeness (QED) is 0.0211. The summed E-state index contributed by atoms with van der Waals surface area (Å²) in [5, 5.41) is 0. The zero-order chi connectivity index (χ0) is 51.3. The molecule has 0 amide bonds. The second-order valence-electron chi connectivity index (χ2n) is 22.1. The molecule has 0 aromatic heterocycles. The molecule has 0 fully saturated rings. The van der Waals surface area contributed by atoms with Crippen molar-refractivity contribution in [2.75, 3.05) is 47.5 Å². The van der Waals surface area contributed by atoms with Gasteiger partial charge in [-0.1, -0.05) is 270 Å². The first-order valence-corrected chi connectivity index (χ1v) is 31.9. The summed E-state index contributed by atoms with van der Waals surface area (Å²) >= 11 is 0. The van der Waals surface area contributed by atoms with Gasteiger partial charge in [-0.2, -0.15) is 0 Å². The standard InChI is InChI=1S/C60H118NO8P/c1-6-8-10-12-14-16-18-20-22-24-25-26-27-28-29-30-31-32-33-34-35-37-38-40-42-44-46-48-50-52-59(62)66-56-58(57-68-70(64,65)67-55-54-61(3,4)5)69-60(63)53-51-49-47-45-43-41-39-36-23-21-19-17-15-13-11-9-7-2/h21,23,58H,6-20,22,24-57H2,1-5H3/p+1/b23-21-. The fourth-order valence-corrected chi connectivity index (χ4v) is 9.81. The van der Waals surface area contributed by atoms with Crippen molar-refractivity contribution in [2.24, 2.45) is 0 Å². The average molecular weight is 1010 g/mol. The second-order valence-corrected chi connectivity index (χ2v) is 23.6. The number of carbonyl (C=O) groups is 2. The number of phosphoric acid groups is 1. The third kappa shape index (κ3) is 56.1. The first kappa shape index (κ1) is 68.8. The van der Waals surface area contributed by atoms with Crippen molar-refractivity contribution in [1.29, 1.82) is 0 Å². The number of phosphoric ester groups is 1. The number of carbonyl (C=O) groups excluding carboxylic acids is 2. The van der Waals surface area contributed by atoms with Crippen LogP contribution in [0.5, 0.6) is 0 Å². The van der Waals surface area contributed by atoms with Crippen LogP contribution in [-0.4, -0.2) is 74.9 Å². The van der Waals surface area contributed by atoms with Gasteiger partial charge in [0.2, 0.25) is 0 Å². The maximum Gasteiger partial charge on any atom is 0.472 e. The lowest BCUT2D eigenvalue weighted by Gasteiger charge is -2.24. The van der Waals surface area contributed by atoms with Gasteiger partial charge in [0.25, 0.3) is 0 Å². The van der Waals surface area contributed by atoms with E-state index in [1.165, 1.54) is 231 Å². The van der Waals surface area contributed by atoms with Crippen LogP contribution in [0.3, 0.4) is 0 Å². The molecule has 0 aromatic rings. The minimum absolute atomic E-state index is 0.0345. The Balaban J connectivity index is 4.02. The Morgan fingerprint density at radius 2 is 0.729 bits per heavy atom. The number of rotatable bonds is 57. The van der Waals surface area contributed by atoms with E-state index in [2.05, 4.69) is 26.0 Å². The van der Waals surface area contributed by atoms with Crippen LogP contribution in [0.4, 0.5) is 0 Å². The highest BCUT2D eigenvalue weighted by molar-refractivity contribution is 7.47. The highest BCUT2D eigenvalue weighted by atomic mass is 31.2. The van der Waals surface area contributed by atoms with Crippen molar-refractivity contribution in [3.8, 4) is 0 Å². The number of esters is 2. The van der Waals surface area contributed by atoms with Crippen LogP contribution >= 0.6 is 7.82 Å². The molecule has 1 N–H and O–H groups in total. The Morgan fingerprint density at radius 3 is 1.06 bits per heavy atom. The number of unbranched alkanes of at least 4 members (excludes halogenated alkanes) is 41. The van der Waals surface area contributed by atoms with Crippen LogP contribution in [0.1, 0.15) is 309 Å². The van der Waals surface area contributed by atoms with Gasteiger partial charge in [-0.15, -0.1) is 0 Å². The summed E-state index contributed by atoms with van der Waals surface area (Å²) in [6.45, 7) is 4.48. The van der Waals surface area contributed by atoms with Crippen LogP contribution in [0.25, 0.3) is 0 Å². The van der Waals surface area contributed by atoms with Crippen LogP contribution in [0, 0.1) is 0 Å². The van der Waals surface area contributed by atoms with Gasteiger partial charge in [-0.3, -0.25) is 18.6 Å². The highest BCUT2D eigenvalue weighted by Gasteiger charge is 2.27. The molecule has 0 spiro atoms. The monoisotopic (exact) mass is 1010 g/mol. The SMILES string of the molecule is CCCCCCCC/C=C\CCCCCCCCCC(=O)OC(COC(=O)CCCCCCCCCCCCCCCCCCCCCCCCCCCCCCC)COP(=O)(O)OCC[N+](C)(C)C. The Morgan fingerprint density at radius 1 is 0.429 bits per heavy atom. The number of ether oxygens (including phenoxy) is 2. The van der Waals surface area contributed by atoms with Gasteiger partial charge in [0, 0.05) is 12.8 Å². The fourth-order valence-electron chi connectivity index (χ4n) is 9.07. The van der Waals surface area contributed by atoms with E-state index < -0.39 is 26.5 Å². The average Bonchev–Trinajstić information content (AvgIpc) is 3.32. The minimum atomic E-state index is -4.38. The van der Waals surface area contributed by atoms with Crippen molar-refractivity contribution < 1.29 is 42.1 Å². The largest absolute Gasteiger partial charge is 0.472 e. The lowest BCUT2D eigenvalue weighted by atomic mass is 10.0. The molecule has 2 unspecified atom stereocenters. The van der Waals surface area contributed by atoms with E-state index in [-0.39, 0.29) is 25.6 Å². The molecule has 416 valence electrons. The summed E-state index contributed by atoms with van der Waals surface area (Å²) in [7, 11) is 1.49. The summed E-state index contributed by atoms with van der Waals surface area (Å²) in [4.78, 5) is 35.7. The van der Waals surface area contributed by atoms with Crippen LogP contribution in [0.15, 0.2) is 12.2 Å². The van der Waals surface area contributed by atoms with Crippen LogP contribution in [-0.2, 0) is 32.7 Å². The van der Waals surface area contributed by atoms with Crippen molar-refractivity contribution in [3.05, 3.63) is 12.2 Å². The molecule has 0 saturated heterocycles. The Bertz CT molecular complexity index is 1190. The molecule has 0 aliphatic rings. The summed E-state index contributed by atoms with van der Waals surface area (Å²) in [6, 6.07) is 0. The summed E-state index contributed by atoms with van der Waals surface area (Å²) < 4.78 is 34.6. The maximum absolute atomic E-state index is 12.8. The third-order valence-electron chi connectivity index (χ3n) is 13.8. The zero-order valence-corrected chi connectivity index (χ0v) is 48.2. The van der Waals surface area contributed by atoms with E-state index in [4.69, 9.17) is 18.5 Å². The topological polar surface area (TPSA) is 108 Å². The summed E-state index contributed by atoms with van der Waals surface area (Å²) in [5.74, 6) is -0.784. The zero-order valence-electron chi connectivity index (χ0n) is 47.3. The van der Waals surface area contributed by atoms with E-state index in [1.54, 1.807) is 0 Å². The van der Waals surface area contributed by atoms with Crippen molar-refractivity contribution in [1.82, 2.24) is 0 Å². The molecule has 0 aromatic carbocycles.